The van der Waals surface area contributed by atoms with E-state index in [-0.39, 0.29) is 19.3 Å². The van der Waals surface area contributed by atoms with E-state index in [9.17, 15) is 5.11 Å². The minimum absolute atomic E-state index is 0.188. The molecule has 0 heterocycles. The third-order valence-corrected chi connectivity index (χ3v) is 3.43. The Hall–Kier alpha value is -0.120. The lowest BCUT2D eigenvalue weighted by Gasteiger charge is -2.21. The quantitative estimate of drug-likeness (QED) is 0.464. The van der Waals surface area contributed by atoms with E-state index in [0.717, 1.165) is 57.8 Å². The summed E-state index contributed by atoms with van der Waals surface area (Å²) in [5, 5.41) is 27.4. The predicted molar refractivity (Wildman–Crippen MR) is 70.9 cm³/mol. The summed E-state index contributed by atoms with van der Waals surface area (Å²) in [6.07, 6.45) is 8.85. The van der Waals surface area contributed by atoms with Crippen molar-refractivity contribution in [3.8, 4) is 0 Å². The van der Waals surface area contributed by atoms with Crippen LogP contribution in [0, 0.1) is 5.92 Å². The molecule has 17 heavy (non-hydrogen) atoms. The number of hydrogen-bond acceptors (Lipinski definition) is 3. The van der Waals surface area contributed by atoms with Crippen LogP contribution < -0.4 is 0 Å². The lowest BCUT2D eigenvalue weighted by atomic mass is 9.89. The average Bonchev–Trinajstić information content (AvgIpc) is 2.35. The zero-order chi connectivity index (χ0) is 12.9. The fourth-order valence-electron chi connectivity index (χ4n) is 2.25. The molecule has 0 saturated heterocycles. The molecule has 0 spiro atoms. The Balaban J connectivity index is 3.69. The van der Waals surface area contributed by atoms with E-state index in [1.807, 2.05) is 6.92 Å². The molecule has 3 heteroatoms. The Kier molecular flexibility index (Phi) is 12.3. The second-order valence-corrected chi connectivity index (χ2v) is 4.88. The first-order valence-corrected chi connectivity index (χ1v) is 7.16. The zero-order valence-electron chi connectivity index (χ0n) is 11.3. The molecule has 0 amide bonds. The van der Waals surface area contributed by atoms with E-state index < -0.39 is 0 Å². The summed E-state index contributed by atoms with van der Waals surface area (Å²) in [5.41, 5.74) is 0. The molecule has 0 aliphatic heterocycles. The number of hydrogen-bond donors (Lipinski definition) is 3. The van der Waals surface area contributed by atoms with E-state index >= 15 is 0 Å². The molecule has 104 valence electrons. The van der Waals surface area contributed by atoms with E-state index in [4.69, 9.17) is 10.2 Å². The average molecular weight is 246 g/mol. The van der Waals surface area contributed by atoms with Gasteiger partial charge >= 0.3 is 0 Å². The summed E-state index contributed by atoms with van der Waals surface area (Å²) in [7, 11) is 0. The fraction of sp³-hybridized carbons (Fsp3) is 1.00. The van der Waals surface area contributed by atoms with Crippen molar-refractivity contribution in [1.82, 2.24) is 0 Å². The molecule has 2 unspecified atom stereocenters. The first kappa shape index (κ1) is 16.9. The van der Waals surface area contributed by atoms with Gasteiger partial charge in [-0.2, -0.15) is 0 Å². The standard InChI is InChI=1S/C14H30O3/c1-2-14(17)13(10-6-8-12-16)9-5-3-4-7-11-15/h13-17H,2-12H2,1H3. The van der Waals surface area contributed by atoms with Gasteiger partial charge in [-0.05, 0) is 38.0 Å². The van der Waals surface area contributed by atoms with Crippen LogP contribution in [0.3, 0.4) is 0 Å². The maximum Gasteiger partial charge on any atom is 0.0565 e. The number of aliphatic hydroxyl groups is 3. The molecule has 0 saturated carbocycles. The normalized spacial score (nSPS) is 14.8. The first-order valence-electron chi connectivity index (χ1n) is 7.16. The SMILES string of the molecule is CCC(O)C(CCCCO)CCCCCCO. The van der Waals surface area contributed by atoms with Crippen LogP contribution in [0.25, 0.3) is 0 Å². The van der Waals surface area contributed by atoms with Crippen molar-refractivity contribution >= 4 is 0 Å². The fourth-order valence-corrected chi connectivity index (χ4v) is 2.25. The number of rotatable bonds is 12. The van der Waals surface area contributed by atoms with Crippen LogP contribution in [0.5, 0.6) is 0 Å². The van der Waals surface area contributed by atoms with Crippen molar-refractivity contribution in [2.24, 2.45) is 5.92 Å². The van der Waals surface area contributed by atoms with Crippen molar-refractivity contribution in [3.05, 3.63) is 0 Å². The largest absolute Gasteiger partial charge is 0.396 e. The molecular formula is C14H30O3. The van der Waals surface area contributed by atoms with Crippen LogP contribution in [0.15, 0.2) is 0 Å². The van der Waals surface area contributed by atoms with Crippen LogP contribution in [-0.4, -0.2) is 34.6 Å². The second-order valence-electron chi connectivity index (χ2n) is 4.88. The highest BCUT2D eigenvalue weighted by molar-refractivity contribution is 4.68. The third kappa shape index (κ3) is 9.57. The first-order chi connectivity index (χ1) is 8.26. The summed E-state index contributed by atoms with van der Waals surface area (Å²) in [6, 6.07) is 0. The van der Waals surface area contributed by atoms with Crippen LogP contribution in [0.4, 0.5) is 0 Å². The van der Waals surface area contributed by atoms with Gasteiger partial charge in [-0.25, -0.2) is 0 Å². The van der Waals surface area contributed by atoms with E-state index in [0.29, 0.717) is 5.92 Å². The smallest absolute Gasteiger partial charge is 0.0565 e. The molecule has 0 bridgehead atoms. The van der Waals surface area contributed by atoms with Crippen molar-refractivity contribution < 1.29 is 15.3 Å². The molecule has 0 aromatic heterocycles. The van der Waals surface area contributed by atoms with Crippen LogP contribution in [0.1, 0.15) is 64.7 Å². The van der Waals surface area contributed by atoms with Crippen molar-refractivity contribution in [1.29, 1.82) is 0 Å². The van der Waals surface area contributed by atoms with Gasteiger partial charge in [0.25, 0.3) is 0 Å². The molecule has 0 aliphatic carbocycles. The Morgan fingerprint density at radius 2 is 1.24 bits per heavy atom. The zero-order valence-corrected chi connectivity index (χ0v) is 11.3. The van der Waals surface area contributed by atoms with Crippen LogP contribution >= 0.6 is 0 Å². The molecule has 0 aromatic rings. The van der Waals surface area contributed by atoms with Gasteiger partial charge < -0.3 is 15.3 Å². The van der Waals surface area contributed by atoms with Gasteiger partial charge in [0.1, 0.15) is 0 Å². The topological polar surface area (TPSA) is 60.7 Å². The lowest BCUT2D eigenvalue weighted by Crippen LogP contribution is -2.19. The Morgan fingerprint density at radius 1 is 0.765 bits per heavy atom. The molecule has 0 aliphatic rings. The summed E-state index contributed by atoms with van der Waals surface area (Å²) in [6.45, 7) is 2.57. The molecule has 3 nitrogen and oxygen atoms in total. The maximum atomic E-state index is 9.92. The summed E-state index contributed by atoms with van der Waals surface area (Å²) in [4.78, 5) is 0. The molecule has 0 radical (unpaired) electrons. The molecule has 0 aromatic carbocycles. The highest BCUT2D eigenvalue weighted by Gasteiger charge is 2.16. The molecular weight excluding hydrogens is 216 g/mol. The predicted octanol–water partition coefficient (Wildman–Crippen LogP) is 2.48. The monoisotopic (exact) mass is 246 g/mol. The second kappa shape index (κ2) is 12.3. The summed E-state index contributed by atoms with van der Waals surface area (Å²) < 4.78 is 0. The van der Waals surface area contributed by atoms with Gasteiger partial charge in [0.15, 0.2) is 0 Å². The van der Waals surface area contributed by atoms with E-state index in [2.05, 4.69) is 0 Å². The minimum Gasteiger partial charge on any atom is -0.396 e. The number of unbranched alkanes of at least 4 members (excludes halogenated alkanes) is 4. The van der Waals surface area contributed by atoms with Gasteiger partial charge in [0, 0.05) is 13.2 Å². The Labute approximate surface area is 106 Å². The Bertz CT molecular complexity index is 150. The van der Waals surface area contributed by atoms with Gasteiger partial charge in [0.05, 0.1) is 6.10 Å². The minimum atomic E-state index is -0.188. The van der Waals surface area contributed by atoms with Gasteiger partial charge in [-0.15, -0.1) is 0 Å². The summed E-state index contributed by atoms with van der Waals surface area (Å²) >= 11 is 0. The van der Waals surface area contributed by atoms with Crippen LogP contribution in [-0.2, 0) is 0 Å². The maximum absolute atomic E-state index is 9.92. The van der Waals surface area contributed by atoms with Crippen molar-refractivity contribution in [2.75, 3.05) is 13.2 Å². The molecule has 0 rings (SSSR count). The van der Waals surface area contributed by atoms with Gasteiger partial charge in [0.2, 0.25) is 0 Å². The third-order valence-electron chi connectivity index (χ3n) is 3.43. The van der Waals surface area contributed by atoms with E-state index in [1.54, 1.807) is 0 Å². The lowest BCUT2D eigenvalue weighted by molar-refractivity contribution is 0.0891. The molecule has 0 fully saturated rings. The Morgan fingerprint density at radius 3 is 1.76 bits per heavy atom. The molecule has 3 N–H and O–H groups in total. The number of aliphatic hydroxyl groups excluding tert-OH is 3. The molecule has 2 atom stereocenters. The summed E-state index contributed by atoms with van der Waals surface area (Å²) in [5.74, 6) is 0.390. The van der Waals surface area contributed by atoms with Crippen LogP contribution in [0.2, 0.25) is 0 Å². The van der Waals surface area contributed by atoms with E-state index in [1.165, 1.54) is 0 Å². The van der Waals surface area contributed by atoms with Crippen molar-refractivity contribution in [2.45, 2.75) is 70.8 Å². The van der Waals surface area contributed by atoms with Gasteiger partial charge in [-0.3, -0.25) is 0 Å². The van der Waals surface area contributed by atoms with Gasteiger partial charge in [-0.1, -0.05) is 32.6 Å². The van der Waals surface area contributed by atoms with Crippen molar-refractivity contribution in [3.63, 3.8) is 0 Å². The highest BCUT2D eigenvalue weighted by Crippen LogP contribution is 2.22. The highest BCUT2D eigenvalue weighted by atomic mass is 16.3.